The lowest BCUT2D eigenvalue weighted by Gasteiger charge is -2.15. The quantitative estimate of drug-likeness (QED) is 0.464. The van der Waals surface area contributed by atoms with Crippen molar-refractivity contribution in [2.24, 2.45) is 0 Å². The maximum absolute atomic E-state index is 13.0. The van der Waals surface area contributed by atoms with E-state index in [0.717, 1.165) is 0 Å². The van der Waals surface area contributed by atoms with E-state index in [0.29, 0.717) is 36.2 Å². The summed E-state index contributed by atoms with van der Waals surface area (Å²) in [5, 5.41) is 6.38. The van der Waals surface area contributed by atoms with Crippen molar-refractivity contribution < 1.29 is 27.2 Å². The molecule has 0 unspecified atom stereocenters. The maximum Gasteiger partial charge on any atom is 0.262 e. The maximum atomic E-state index is 13.0. The Balaban J connectivity index is 1.86. The summed E-state index contributed by atoms with van der Waals surface area (Å²) >= 11 is 6.19. The van der Waals surface area contributed by atoms with Crippen LogP contribution in [0.25, 0.3) is 0 Å². The molecule has 32 heavy (non-hydrogen) atoms. The number of benzene rings is 2. The molecule has 1 amide bonds. The zero-order valence-electron chi connectivity index (χ0n) is 17.6. The molecule has 0 saturated carbocycles. The first-order chi connectivity index (χ1) is 15.2. The summed E-state index contributed by atoms with van der Waals surface area (Å²) in [7, 11) is -4.01. The van der Waals surface area contributed by atoms with Crippen LogP contribution in [0.5, 0.6) is 11.5 Å². The third-order valence-corrected chi connectivity index (χ3v) is 5.98. The molecule has 0 saturated heterocycles. The number of halogens is 1. The number of sulfonamides is 1. The topological polar surface area (TPSA) is 120 Å². The first kappa shape index (κ1) is 23.4. The summed E-state index contributed by atoms with van der Waals surface area (Å²) in [5.74, 6) is 0.666. The Morgan fingerprint density at radius 1 is 1.09 bits per heavy atom. The van der Waals surface area contributed by atoms with Crippen molar-refractivity contribution in [2.75, 3.05) is 23.3 Å². The van der Waals surface area contributed by atoms with Gasteiger partial charge in [0.25, 0.3) is 15.9 Å². The van der Waals surface area contributed by atoms with Crippen LogP contribution in [0.3, 0.4) is 0 Å². The van der Waals surface area contributed by atoms with Gasteiger partial charge in [0.05, 0.1) is 35.0 Å². The van der Waals surface area contributed by atoms with Crippen molar-refractivity contribution in [1.82, 2.24) is 5.16 Å². The van der Waals surface area contributed by atoms with E-state index in [1.807, 2.05) is 6.92 Å². The smallest absolute Gasteiger partial charge is 0.262 e. The molecular weight excluding hydrogens is 458 g/mol. The van der Waals surface area contributed by atoms with Crippen molar-refractivity contribution in [2.45, 2.75) is 25.7 Å². The second-order valence-corrected chi connectivity index (χ2v) is 8.61. The zero-order chi connectivity index (χ0) is 23.3. The molecule has 0 fully saturated rings. The average Bonchev–Trinajstić information content (AvgIpc) is 3.18. The predicted molar refractivity (Wildman–Crippen MR) is 120 cm³/mol. The molecule has 0 aliphatic carbocycles. The number of rotatable bonds is 9. The molecule has 3 rings (SSSR count). The number of nitrogens with zero attached hydrogens (tertiary/aromatic N) is 1. The van der Waals surface area contributed by atoms with Crippen LogP contribution in [-0.2, 0) is 10.0 Å². The van der Waals surface area contributed by atoms with Crippen molar-refractivity contribution >= 4 is 38.9 Å². The molecule has 1 heterocycles. The molecular formula is C21H22ClN3O6S. The number of carbonyl (C=O) groups excluding carboxylic acids is 1. The summed E-state index contributed by atoms with van der Waals surface area (Å²) < 4.78 is 44.3. The summed E-state index contributed by atoms with van der Waals surface area (Å²) in [6.07, 6.45) is 1.30. The van der Waals surface area contributed by atoms with Gasteiger partial charge in [-0.25, -0.2) is 8.42 Å². The standard InChI is InChI=1S/C21H22ClN3O6S/c1-4-29-19-9-7-15(11-20(19)30-5-2)32(27,28)25-18-10-14(6-8-17(18)22)24-21(26)16-12-23-31-13(16)3/h6-12,25H,4-5H2,1-3H3,(H,24,26). The molecule has 0 aliphatic rings. The molecule has 3 aromatic rings. The van der Waals surface area contributed by atoms with Crippen molar-refractivity contribution in [3.8, 4) is 11.5 Å². The van der Waals surface area contributed by atoms with E-state index in [1.54, 1.807) is 19.9 Å². The van der Waals surface area contributed by atoms with Gasteiger partial charge >= 0.3 is 0 Å². The fraction of sp³-hybridized carbons (Fsp3) is 0.238. The van der Waals surface area contributed by atoms with Gasteiger partial charge in [-0.1, -0.05) is 16.8 Å². The van der Waals surface area contributed by atoms with Crippen LogP contribution in [0.1, 0.15) is 30.0 Å². The molecule has 0 spiro atoms. The number of anilines is 2. The van der Waals surface area contributed by atoms with Gasteiger partial charge < -0.3 is 19.3 Å². The van der Waals surface area contributed by atoms with Crippen LogP contribution >= 0.6 is 11.6 Å². The number of aryl methyl sites for hydroxylation is 1. The molecule has 0 aliphatic heterocycles. The highest BCUT2D eigenvalue weighted by Crippen LogP contribution is 2.33. The minimum absolute atomic E-state index is 0.0324. The summed E-state index contributed by atoms with van der Waals surface area (Å²) in [6.45, 7) is 5.97. The van der Waals surface area contributed by atoms with Crippen LogP contribution in [0, 0.1) is 6.92 Å². The van der Waals surface area contributed by atoms with Gasteiger partial charge in [-0.2, -0.15) is 0 Å². The average molecular weight is 480 g/mol. The number of carbonyl (C=O) groups is 1. The minimum atomic E-state index is -4.01. The number of aromatic nitrogens is 1. The lowest BCUT2D eigenvalue weighted by atomic mass is 10.2. The molecule has 2 N–H and O–H groups in total. The van der Waals surface area contributed by atoms with Crippen LogP contribution in [0.4, 0.5) is 11.4 Å². The zero-order valence-corrected chi connectivity index (χ0v) is 19.2. The van der Waals surface area contributed by atoms with Gasteiger partial charge in [-0.3, -0.25) is 9.52 Å². The van der Waals surface area contributed by atoms with E-state index < -0.39 is 15.9 Å². The normalized spacial score (nSPS) is 11.1. The van der Waals surface area contributed by atoms with Gasteiger partial charge in [-0.15, -0.1) is 0 Å². The Labute approximate surface area is 190 Å². The van der Waals surface area contributed by atoms with Crippen LogP contribution < -0.4 is 19.5 Å². The van der Waals surface area contributed by atoms with E-state index in [-0.39, 0.29) is 21.2 Å². The molecule has 170 valence electrons. The summed E-state index contributed by atoms with van der Waals surface area (Å²) in [5.41, 5.74) is 0.692. The van der Waals surface area contributed by atoms with Crippen LogP contribution in [0.15, 0.2) is 52.0 Å². The molecule has 0 radical (unpaired) electrons. The Morgan fingerprint density at radius 3 is 2.47 bits per heavy atom. The van der Waals surface area contributed by atoms with Gasteiger partial charge in [0.2, 0.25) is 0 Å². The van der Waals surface area contributed by atoms with Gasteiger partial charge in [0, 0.05) is 11.8 Å². The lowest BCUT2D eigenvalue weighted by Crippen LogP contribution is -2.15. The Bertz CT molecular complexity index is 1230. The largest absolute Gasteiger partial charge is 0.490 e. The van der Waals surface area contributed by atoms with Gasteiger partial charge in [0.15, 0.2) is 11.5 Å². The molecule has 11 heteroatoms. The summed E-state index contributed by atoms with van der Waals surface area (Å²) in [4.78, 5) is 12.3. The van der Waals surface area contributed by atoms with E-state index in [4.69, 9.17) is 25.6 Å². The Morgan fingerprint density at radius 2 is 1.81 bits per heavy atom. The van der Waals surface area contributed by atoms with E-state index in [9.17, 15) is 13.2 Å². The Kier molecular flexibility index (Phi) is 7.26. The first-order valence-electron chi connectivity index (χ1n) is 9.69. The monoisotopic (exact) mass is 479 g/mol. The summed E-state index contributed by atoms with van der Waals surface area (Å²) in [6, 6.07) is 8.75. The number of hydrogen-bond donors (Lipinski definition) is 2. The van der Waals surface area contributed by atoms with Gasteiger partial charge in [-0.05, 0) is 51.1 Å². The lowest BCUT2D eigenvalue weighted by molar-refractivity contribution is 0.102. The van der Waals surface area contributed by atoms with Crippen molar-refractivity contribution in [1.29, 1.82) is 0 Å². The number of ether oxygens (including phenoxy) is 2. The van der Waals surface area contributed by atoms with Crippen LogP contribution in [-0.4, -0.2) is 32.7 Å². The Hall–Kier alpha value is -3.24. The van der Waals surface area contributed by atoms with E-state index >= 15 is 0 Å². The molecule has 1 aromatic heterocycles. The second kappa shape index (κ2) is 9.92. The van der Waals surface area contributed by atoms with E-state index in [2.05, 4.69) is 15.2 Å². The minimum Gasteiger partial charge on any atom is -0.490 e. The number of amides is 1. The molecule has 2 aromatic carbocycles. The highest BCUT2D eigenvalue weighted by atomic mass is 35.5. The fourth-order valence-corrected chi connectivity index (χ4v) is 4.11. The van der Waals surface area contributed by atoms with Crippen molar-refractivity contribution in [3.05, 3.63) is 58.9 Å². The molecule has 0 atom stereocenters. The SMILES string of the molecule is CCOc1ccc(S(=O)(=O)Nc2cc(NC(=O)c3cnoc3C)ccc2Cl)cc1OCC. The number of nitrogens with one attached hydrogen (secondary N) is 2. The third kappa shape index (κ3) is 5.32. The van der Waals surface area contributed by atoms with Gasteiger partial charge in [0.1, 0.15) is 11.3 Å². The fourth-order valence-electron chi connectivity index (χ4n) is 2.80. The van der Waals surface area contributed by atoms with Crippen LogP contribution in [0.2, 0.25) is 5.02 Å². The number of hydrogen-bond acceptors (Lipinski definition) is 7. The predicted octanol–water partition coefficient (Wildman–Crippen LogP) is 4.49. The molecule has 9 nitrogen and oxygen atoms in total. The highest BCUT2D eigenvalue weighted by molar-refractivity contribution is 7.92. The highest BCUT2D eigenvalue weighted by Gasteiger charge is 2.20. The third-order valence-electron chi connectivity index (χ3n) is 4.29. The van der Waals surface area contributed by atoms with Crippen molar-refractivity contribution in [3.63, 3.8) is 0 Å². The molecule has 0 bridgehead atoms. The first-order valence-corrected chi connectivity index (χ1v) is 11.6. The van der Waals surface area contributed by atoms with E-state index in [1.165, 1.54) is 36.5 Å². The second-order valence-electron chi connectivity index (χ2n) is 6.52.